The van der Waals surface area contributed by atoms with Crippen molar-refractivity contribution in [1.82, 2.24) is 9.55 Å². The van der Waals surface area contributed by atoms with Gasteiger partial charge < -0.3 is 15.6 Å². The van der Waals surface area contributed by atoms with Gasteiger partial charge in [0.1, 0.15) is 11.6 Å². The van der Waals surface area contributed by atoms with Crippen LogP contribution in [0.4, 0.5) is 10.1 Å². The number of nitrogens with two attached hydrogens (primary N) is 1. The maximum atomic E-state index is 14.4. The number of imidazole rings is 1. The molecular formula is C20H22FN5. The molecule has 1 aromatic heterocycles. The highest BCUT2D eigenvalue weighted by molar-refractivity contribution is 5.92. The molecule has 0 unspecified atom stereocenters. The summed E-state index contributed by atoms with van der Waals surface area (Å²) in [6.07, 6.45) is 4.37. The van der Waals surface area contributed by atoms with Gasteiger partial charge in [-0.3, -0.25) is 0 Å². The van der Waals surface area contributed by atoms with Crippen molar-refractivity contribution >= 4 is 11.6 Å². The summed E-state index contributed by atoms with van der Waals surface area (Å²) in [5, 5.41) is 3.04. The van der Waals surface area contributed by atoms with Gasteiger partial charge in [-0.1, -0.05) is 25.1 Å². The molecule has 0 bridgehead atoms. The Balaban J connectivity index is 1.67. The number of aryl methyl sites for hydroxylation is 2. The Morgan fingerprint density at radius 2 is 1.92 bits per heavy atom. The molecule has 0 aliphatic heterocycles. The molecule has 5 nitrogen and oxygen atoms in total. The predicted octanol–water partition coefficient (Wildman–Crippen LogP) is 3.81. The van der Waals surface area contributed by atoms with Gasteiger partial charge in [0.25, 0.3) is 0 Å². The molecule has 0 aliphatic rings. The van der Waals surface area contributed by atoms with Gasteiger partial charge in [0.15, 0.2) is 5.96 Å². The van der Waals surface area contributed by atoms with Crippen LogP contribution in [0.1, 0.15) is 23.9 Å². The monoisotopic (exact) mass is 351 g/mol. The predicted molar refractivity (Wildman–Crippen MR) is 103 cm³/mol. The topological polar surface area (TPSA) is 68.2 Å². The first kappa shape index (κ1) is 17.7. The minimum absolute atomic E-state index is 0.296. The molecule has 0 amide bonds. The van der Waals surface area contributed by atoms with Crippen molar-refractivity contribution < 1.29 is 4.39 Å². The minimum Gasteiger partial charge on any atom is -0.370 e. The van der Waals surface area contributed by atoms with E-state index in [1.165, 1.54) is 11.6 Å². The fraction of sp³-hybridized carbons (Fsp3) is 0.200. The quantitative estimate of drug-likeness (QED) is 0.542. The maximum absolute atomic E-state index is 14.4. The van der Waals surface area contributed by atoms with Crippen LogP contribution < -0.4 is 11.1 Å². The second kappa shape index (κ2) is 7.82. The fourth-order valence-electron chi connectivity index (χ4n) is 2.66. The van der Waals surface area contributed by atoms with Crippen molar-refractivity contribution in [1.29, 1.82) is 0 Å². The fourth-order valence-corrected chi connectivity index (χ4v) is 2.66. The van der Waals surface area contributed by atoms with Gasteiger partial charge in [-0.05, 0) is 48.7 Å². The van der Waals surface area contributed by atoms with Crippen LogP contribution in [-0.4, -0.2) is 15.5 Å². The van der Waals surface area contributed by atoms with Crippen LogP contribution in [0.5, 0.6) is 0 Å². The maximum Gasteiger partial charge on any atom is 0.193 e. The summed E-state index contributed by atoms with van der Waals surface area (Å²) < 4.78 is 16.1. The van der Waals surface area contributed by atoms with E-state index in [4.69, 9.17) is 5.73 Å². The summed E-state index contributed by atoms with van der Waals surface area (Å²) >= 11 is 0. The van der Waals surface area contributed by atoms with E-state index in [0.717, 1.165) is 23.5 Å². The Hall–Kier alpha value is -3.15. The first-order valence-corrected chi connectivity index (χ1v) is 8.51. The Bertz CT molecular complexity index is 912. The standard InChI is InChI=1S/C20H22FN5/c1-3-15-4-7-17(8-5-15)25-20(22)24-13-16-6-9-19(18(21)12-16)26-11-10-23-14(26)2/h4-12H,3,13H2,1-2H3,(H3,22,24,25). The number of hydrogen-bond acceptors (Lipinski definition) is 2. The Morgan fingerprint density at radius 3 is 2.54 bits per heavy atom. The molecule has 0 aliphatic carbocycles. The molecule has 1 heterocycles. The van der Waals surface area contributed by atoms with E-state index < -0.39 is 0 Å². The largest absolute Gasteiger partial charge is 0.370 e. The van der Waals surface area contributed by atoms with E-state index in [0.29, 0.717) is 18.2 Å². The van der Waals surface area contributed by atoms with Gasteiger partial charge >= 0.3 is 0 Å². The number of benzene rings is 2. The molecule has 6 heteroatoms. The number of rotatable bonds is 5. The van der Waals surface area contributed by atoms with Crippen molar-refractivity contribution in [2.45, 2.75) is 26.8 Å². The number of nitrogens with zero attached hydrogens (tertiary/aromatic N) is 3. The van der Waals surface area contributed by atoms with E-state index in [1.54, 1.807) is 23.0 Å². The van der Waals surface area contributed by atoms with Crippen molar-refractivity contribution in [3.05, 3.63) is 77.6 Å². The third kappa shape index (κ3) is 4.08. The van der Waals surface area contributed by atoms with Gasteiger partial charge in [-0.25, -0.2) is 14.4 Å². The summed E-state index contributed by atoms with van der Waals surface area (Å²) in [4.78, 5) is 8.40. The molecule has 0 spiro atoms. The third-order valence-electron chi connectivity index (χ3n) is 4.16. The zero-order chi connectivity index (χ0) is 18.5. The molecule has 3 N–H and O–H groups in total. The number of hydrogen-bond donors (Lipinski definition) is 2. The number of aliphatic imine (C=N–C) groups is 1. The normalized spacial score (nSPS) is 11.6. The van der Waals surface area contributed by atoms with Gasteiger partial charge in [-0.2, -0.15) is 0 Å². The molecule has 134 valence electrons. The molecule has 3 rings (SSSR count). The average molecular weight is 351 g/mol. The SMILES string of the molecule is CCc1ccc(NC(N)=NCc2ccc(-n3ccnc3C)c(F)c2)cc1. The van der Waals surface area contributed by atoms with E-state index >= 15 is 0 Å². The van der Waals surface area contributed by atoms with Crippen molar-refractivity contribution in [2.75, 3.05) is 5.32 Å². The highest BCUT2D eigenvalue weighted by Gasteiger charge is 2.08. The molecule has 0 fully saturated rings. The minimum atomic E-state index is -0.319. The number of guanidine groups is 1. The second-order valence-corrected chi connectivity index (χ2v) is 6.01. The average Bonchev–Trinajstić information content (AvgIpc) is 3.06. The molecule has 0 radical (unpaired) electrons. The van der Waals surface area contributed by atoms with Crippen LogP contribution in [0, 0.1) is 12.7 Å². The molecule has 26 heavy (non-hydrogen) atoms. The smallest absolute Gasteiger partial charge is 0.193 e. The zero-order valence-corrected chi connectivity index (χ0v) is 14.9. The Morgan fingerprint density at radius 1 is 1.19 bits per heavy atom. The molecule has 0 atom stereocenters. The van der Waals surface area contributed by atoms with Gasteiger partial charge in [-0.15, -0.1) is 0 Å². The van der Waals surface area contributed by atoms with E-state index in [-0.39, 0.29) is 5.82 Å². The van der Waals surface area contributed by atoms with Crippen LogP contribution in [-0.2, 0) is 13.0 Å². The summed E-state index contributed by atoms with van der Waals surface area (Å²) in [6, 6.07) is 13.0. The lowest BCUT2D eigenvalue weighted by Crippen LogP contribution is -2.22. The first-order valence-electron chi connectivity index (χ1n) is 8.51. The van der Waals surface area contributed by atoms with Crippen LogP contribution >= 0.6 is 0 Å². The molecule has 0 saturated carbocycles. The van der Waals surface area contributed by atoms with Gasteiger partial charge in [0.05, 0.1) is 12.2 Å². The summed E-state index contributed by atoms with van der Waals surface area (Å²) in [7, 11) is 0. The highest BCUT2D eigenvalue weighted by atomic mass is 19.1. The molecule has 2 aromatic carbocycles. The number of halogens is 1. The number of anilines is 1. The van der Waals surface area contributed by atoms with Crippen molar-refractivity contribution in [3.8, 4) is 5.69 Å². The lowest BCUT2D eigenvalue weighted by atomic mass is 10.1. The Kier molecular flexibility index (Phi) is 5.31. The number of nitrogens with one attached hydrogen (secondary N) is 1. The van der Waals surface area contributed by atoms with Crippen molar-refractivity contribution in [2.24, 2.45) is 10.7 Å². The van der Waals surface area contributed by atoms with Crippen molar-refractivity contribution in [3.63, 3.8) is 0 Å². The lowest BCUT2D eigenvalue weighted by Gasteiger charge is -2.09. The lowest BCUT2D eigenvalue weighted by molar-refractivity contribution is 0.614. The summed E-state index contributed by atoms with van der Waals surface area (Å²) in [5.41, 5.74) is 9.27. The van der Waals surface area contributed by atoms with E-state index in [2.05, 4.69) is 22.2 Å². The highest BCUT2D eigenvalue weighted by Crippen LogP contribution is 2.17. The second-order valence-electron chi connectivity index (χ2n) is 6.01. The summed E-state index contributed by atoms with van der Waals surface area (Å²) in [5.74, 6) is 0.710. The van der Waals surface area contributed by atoms with Gasteiger partial charge in [0, 0.05) is 18.1 Å². The molecular weight excluding hydrogens is 329 g/mol. The molecule has 0 saturated heterocycles. The van der Waals surface area contributed by atoms with Crippen LogP contribution in [0.25, 0.3) is 5.69 Å². The van der Waals surface area contributed by atoms with Crippen LogP contribution in [0.3, 0.4) is 0 Å². The van der Waals surface area contributed by atoms with E-state index in [9.17, 15) is 4.39 Å². The molecule has 3 aromatic rings. The van der Waals surface area contributed by atoms with E-state index in [1.807, 2.05) is 37.3 Å². The zero-order valence-electron chi connectivity index (χ0n) is 14.9. The first-order chi connectivity index (χ1) is 12.6. The Labute approximate surface area is 152 Å². The summed E-state index contributed by atoms with van der Waals surface area (Å²) in [6.45, 7) is 4.24. The third-order valence-corrected chi connectivity index (χ3v) is 4.16. The van der Waals surface area contributed by atoms with Crippen LogP contribution in [0.2, 0.25) is 0 Å². The van der Waals surface area contributed by atoms with Gasteiger partial charge in [0.2, 0.25) is 0 Å². The number of aromatic nitrogens is 2. The van der Waals surface area contributed by atoms with Crippen LogP contribution in [0.15, 0.2) is 59.9 Å².